The zero-order valence-electron chi connectivity index (χ0n) is 17.5. The van der Waals surface area contributed by atoms with Crippen LogP contribution in [0.15, 0.2) is 48.5 Å². The fourth-order valence-corrected chi connectivity index (χ4v) is 3.51. The van der Waals surface area contributed by atoms with E-state index in [1.54, 1.807) is 30.3 Å². The molecule has 1 saturated heterocycles. The number of benzene rings is 2. The summed E-state index contributed by atoms with van der Waals surface area (Å²) in [6.07, 6.45) is -2.56. The molecule has 1 unspecified atom stereocenters. The van der Waals surface area contributed by atoms with Crippen LogP contribution in [0, 0.1) is 5.41 Å². The Morgan fingerprint density at radius 3 is 2.55 bits per heavy atom. The highest BCUT2D eigenvalue weighted by Crippen LogP contribution is 2.34. The van der Waals surface area contributed by atoms with E-state index in [2.05, 4.69) is 5.32 Å². The monoisotopic (exact) mass is 425 g/mol. The van der Waals surface area contributed by atoms with Crippen LogP contribution in [0.25, 0.3) is 0 Å². The van der Waals surface area contributed by atoms with Gasteiger partial charge in [0.05, 0.1) is 12.0 Å². The van der Waals surface area contributed by atoms with E-state index in [1.807, 2.05) is 32.0 Å². The number of nitrogens with one attached hydrogen (secondary N) is 2. The van der Waals surface area contributed by atoms with Crippen LogP contribution in [0.5, 0.6) is 5.75 Å². The molecule has 31 heavy (non-hydrogen) atoms. The van der Waals surface area contributed by atoms with Crippen molar-refractivity contribution in [2.24, 2.45) is 5.73 Å². The highest BCUT2D eigenvalue weighted by molar-refractivity contribution is 6.01. The van der Waals surface area contributed by atoms with Crippen LogP contribution >= 0.6 is 0 Å². The Kier molecular flexibility index (Phi) is 7.04. The summed E-state index contributed by atoms with van der Waals surface area (Å²) in [5, 5.41) is 20.5. The zero-order valence-corrected chi connectivity index (χ0v) is 17.5. The van der Waals surface area contributed by atoms with Crippen molar-refractivity contribution in [1.82, 2.24) is 0 Å². The Morgan fingerprint density at radius 2 is 1.90 bits per heavy atom. The number of hydrogen-bond acceptors (Lipinski definition) is 6. The SMILES string of the molecule is CC(C)Oc1ccccc1C1CCO[C@H]([C@@H](O)C(=O)Nc2ccc(C(=N)N)cc2)C1=O. The van der Waals surface area contributed by atoms with Gasteiger partial charge in [-0.05, 0) is 50.6 Å². The molecule has 8 nitrogen and oxygen atoms in total. The van der Waals surface area contributed by atoms with Crippen LogP contribution < -0.4 is 15.8 Å². The predicted octanol–water partition coefficient (Wildman–Crippen LogP) is 2.20. The van der Waals surface area contributed by atoms with Gasteiger partial charge in [-0.15, -0.1) is 0 Å². The van der Waals surface area contributed by atoms with Crippen LogP contribution in [0.4, 0.5) is 5.69 Å². The first-order valence-corrected chi connectivity index (χ1v) is 10.1. The Bertz CT molecular complexity index is 958. The first-order valence-electron chi connectivity index (χ1n) is 10.1. The second kappa shape index (κ2) is 9.72. The number of rotatable bonds is 7. The quantitative estimate of drug-likeness (QED) is 0.397. The van der Waals surface area contributed by atoms with Crippen molar-refractivity contribution in [3.05, 3.63) is 59.7 Å². The van der Waals surface area contributed by atoms with Gasteiger partial charge in [0.25, 0.3) is 5.91 Å². The van der Waals surface area contributed by atoms with Gasteiger partial charge in [-0.3, -0.25) is 15.0 Å². The van der Waals surface area contributed by atoms with Crippen LogP contribution in [0.2, 0.25) is 0 Å². The number of ether oxygens (including phenoxy) is 2. The molecule has 3 rings (SSSR count). The number of aliphatic hydroxyl groups is 1. The molecule has 1 aliphatic heterocycles. The second-order valence-electron chi connectivity index (χ2n) is 7.66. The minimum absolute atomic E-state index is 0.0577. The molecule has 1 fully saturated rings. The molecule has 0 radical (unpaired) electrons. The average molecular weight is 425 g/mol. The first-order chi connectivity index (χ1) is 14.8. The molecular formula is C23H27N3O5. The average Bonchev–Trinajstić information content (AvgIpc) is 2.74. The minimum atomic E-state index is -1.67. The number of ketones is 1. The van der Waals surface area contributed by atoms with Crippen molar-refractivity contribution < 1.29 is 24.2 Å². The van der Waals surface area contributed by atoms with Gasteiger partial charge in [0, 0.05) is 23.4 Å². The van der Waals surface area contributed by atoms with Gasteiger partial charge in [-0.2, -0.15) is 0 Å². The molecule has 0 bridgehead atoms. The number of amidine groups is 1. The van der Waals surface area contributed by atoms with Gasteiger partial charge in [0.1, 0.15) is 11.6 Å². The van der Waals surface area contributed by atoms with Crippen molar-refractivity contribution in [3.8, 4) is 5.75 Å². The number of nitrogens with two attached hydrogens (primary N) is 1. The van der Waals surface area contributed by atoms with Crippen molar-refractivity contribution in [2.45, 2.75) is 44.5 Å². The minimum Gasteiger partial charge on any atom is -0.491 e. The summed E-state index contributed by atoms with van der Waals surface area (Å²) in [6.45, 7) is 4.04. The van der Waals surface area contributed by atoms with Crippen molar-refractivity contribution in [3.63, 3.8) is 0 Å². The molecule has 0 aromatic heterocycles. The molecule has 5 N–H and O–H groups in total. The largest absolute Gasteiger partial charge is 0.491 e. The van der Waals surface area contributed by atoms with E-state index < -0.39 is 24.0 Å². The van der Waals surface area contributed by atoms with E-state index in [1.165, 1.54) is 0 Å². The van der Waals surface area contributed by atoms with E-state index in [4.69, 9.17) is 20.6 Å². The number of nitrogen functional groups attached to an aromatic ring is 1. The Labute approximate surface area is 180 Å². The lowest BCUT2D eigenvalue weighted by Crippen LogP contribution is -2.48. The lowest BCUT2D eigenvalue weighted by atomic mass is 9.85. The molecule has 8 heteroatoms. The number of anilines is 1. The molecule has 2 aromatic carbocycles. The summed E-state index contributed by atoms with van der Waals surface area (Å²) in [5.41, 5.74) is 7.06. The van der Waals surface area contributed by atoms with E-state index in [9.17, 15) is 14.7 Å². The summed E-state index contributed by atoms with van der Waals surface area (Å²) in [4.78, 5) is 25.7. The third-order valence-corrected chi connectivity index (χ3v) is 5.00. The number of carbonyl (C=O) groups excluding carboxylic acids is 2. The van der Waals surface area contributed by atoms with Crippen molar-refractivity contribution in [1.29, 1.82) is 5.41 Å². The third-order valence-electron chi connectivity index (χ3n) is 5.00. The van der Waals surface area contributed by atoms with Gasteiger partial charge in [0.2, 0.25) is 0 Å². The standard InChI is InChI=1S/C23H27N3O5/c1-13(2)31-18-6-4-3-5-16(18)17-11-12-30-21(19(17)27)20(28)23(29)26-15-9-7-14(8-10-15)22(24)25/h3-10,13,17,20-21,28H,11-12H2,1-2H3,(H3,24,25)(H,26,29)/t17?,20-,21+/m1/s1. The zero-order chi connectivity index (χ0) is 22.5. The maximum atomic E-state index is 13.1. The van der Waals surface area contributed by atoms with E-state index in [-0.39, 0.29) is 24.3 Å². The van der Waals surface area contributed by atoms with Crippen LogP contribution in [0.3, 0.4) is 0 Å². The summed E-state index contributed by atoms with van der Waals surface area (Å²) in [7, 11) is 0. The maximum Gasteiger partial charge on any atom is 0.256 e. The molecule has 0 spiro atoms. The molecule has 0 aliphatic carbocycles. The van der Waals surface area contributed by atoms with Gasteiger partial charge in [0.15, 0.2) is 18.0 Å². The summed E-state index contributed by atoms with van der Waals surface area (Å²) >= 11 is 0. The Balaban J connectivity index is 1.73. The first kappa shape index (κ1) is 22.5. The molecular weight excluding hydrogens is 398 g/mol. The van der Waals surface area contributed by atoms with Gasteiger partial charge in [-0.1, -0.05) is 18.2 Å². The lowest BCUT2D eigenvalue weighted by Gasteiger charge is -2.31. The number of hydrogen-bond donors (Lipinski definition) is 4. The molecule has 1 amide bonds. The molecule has 3 atom stereocenters. The van der Waals surface area contributed by atoms with Crippen LogP contribution in [-0.2, 0) is 14.3 Å². The highest BCUT2D eigenvalue weighted by atomic mass is 16.5. The molecule has 0 saturated carbocycles. The second-order valence-corrected chi connectivity index (χ2v) is 7.66. The number of Topliss-reactive ketones (excluding diaryl/α,β-unsaturated/α-hetero) is 1. The molecule has 1 heterocycles. The Morgan fingerprint density at radius 1 is 1.23 bits per heavy atom. The lowest BCUT2D eigenvalue weighted by molar-refractivity contribution is -0.153. The van der Waals surface area contributed by atoms with E-state index in [0.717, 1.165) is 5.56 Å². The summed E-state index contributed by atoms with van der Waals surface area (Å²) in [6, 6.07) is 13.6. The number of aliphatic hydroxyl groups excluding tert-OH is 1. The topological polar surface area (TPSA) is 135 Å². The fourth-order valence-electron chi connectivity index (χ4n) is 3.51. The molecule has 2 aromatic rings. The van der Waals surface area contributed by atoms with E-state index >= 15 is 0 Å². The Hall–Kier alpha value is -3.23. The summed E-state index contributed by atoms with van der Waals surface area (Å²) in [5.74, 6) is -1.12. The van der Waals surface area contributed by atoms with Gasteiger partial charge >= 0.3 is 0 Å². The molecule has 1 aliphatic rings. The number of carbonyl (C=O) groups is 2. The van der Waals surface area contributed by atoms with Crippen LogP contribution in [0.1, 0.15) is 37.3 Å². The summed E-state index contributed by atoms with van der Waals surface area (Å²) < 4.78 is 11.3. The van der Waals surface area contributed by atoms with Crippen molar-refractivity contribution in [2.75, 3.05) is 11.9 Å². The fraction of sp³-hybridized carbons (Fsp3) is 0.348. The van der Waals surface area contributed by atoms with E-state index in [0.29, 0.717) is 23.4 Å². The van der Waals surface area contributed by atoms with Crippen molar-refractivity contribution >= 4 is 23.2 Å². The van der Waals surface area contributed by atoms with Gasteiger partial charge in [-0.25, -0.2) is 0 Å². The smallest absolute Gasteiger partial charge is 0.256 e. The normalized spacial score (nSPS) is 19.7. The number of para-hydroxylation sites is 1. The molecule has 164 valence electrons. The maximum absolute atomic E-state index is 13.1. The van der Waals surface area contributed by atoms with Gasteiger partial charge < -0.3 is 25.6 Å². The third kappa shape index (κ3) is 5.28. The number of amides is 1. The predicted molar refractivity (Wildman–Crippen MR) is 116 cm³/mol. The van der Waals surface area contributed by atoms with Crippen LogP contribution in [-0.4, -0.2) is 47.6 Å². The highest BCUT2D eigenvalue weighted by Gasteiger charge is 2.41.